The molecule has 2 nitrogen and oxygen atoms in total. The zero-order chi connectivity index (χ0) is 12.7. The van der Waals surface area contributed by atoms with Gasteiger partial charge < -0.3 is 10.1 Å². The van der Waals surface area contributed by atoms with Gasteiger partial charge in [0.05, 0.1) is 6.61 Å². The van der Waals surface area contributed by atoms with E-state index in [1.165, 1.54) is 12.8 Å². The lowest BCUT2D eigenvalue weighted by molar-refractivity contribution is 0.300. The molecule has 3 heteroatoms. The first-order chi connectivity index (χ1) is 8.13. The number of aryl methyl sites for hydroxylation is 1. The predicted molar refractivity (Wildman–Crippen MR) is 74.1 cm³/mol. The predicted octanol–water partition coefficient (Wildman–Crippen LogP) is 3.81. The first-order valence-electron chi connectivity index (χ1n) is 6.19. The van der Waals surface area contributed by atoms with E-state index in [1.54, 1.807) is 0 Å². The molecule has 0 radical (unpaired) electrons. The van der Waals surface area contributed by atoms with Gasteiger partial charge in [-0.1, -0.05) is 17.7 Å². The van der Waals surface area contributed by atoms with Crippen LogP contribution in [0.3, 0.4) is 0 Å². The maximum absolute atomic E-state index is 5.93. The number of hydrogen-bond donors (Lipinski definition) is 1. The highest BCUT2D eigenvalue weighted by atomic mass is 35.5. The van der Waals surface area contributed by atoms with Crippen LogP contribution in [0.15, 0.2) is 18.2 Å². The molecule has 17 heavy (non-hydrogen) atoms. The van der Waals surface area contributed by atoms with E-state index in [-0.39, 0.29) is 0 Å². The van der Waals surface area contributed by atoms with Gasteiger partial charge in [-0.2, -0.15) is 0 Å². The van der Waals surface area contributed by atoms with Crippen molar-refractivity contribution in [1.82, 2.24) is 5.32 Å². The van der Waals surface area contributed by atoms with Gasteiger partial charge in [0, 0.05) is 11.1 Å². The molecule has 0 fully saturated rings. The molecule has 0 amide bonds. The maximum atomic E-state index is 5.93. The van der Waals surface area contributed by atoms with Gasteiger partial charge in [-0.05, 0) is 57.9 Å². The number of unbranched alkanes of at least 4 members (excludes halogenated alkanes) is 1. The fourth-order valence-electron chi connectivity index (χ4n) is 1.61. The van der Waals surface area contributed by atoms with Crippen molar-refractivity contribution in [3.05, 3.63) is 28.8 Å². The molecule has 0 bridgehead atoms. The van der Waals surface area contributed by atoms with E-state index in [2.05, 4.69) is 12.2 Å². The van der Waals surface area contributed by atoms with Crippen LogP contribution in [-0.4, -0.2) is 19.7 Å². The van der Waals surface area contributed by atoms with E-state index in [1.807, 2.05) is 32.2 Å². The summed E-state index contributed by atoms with van der Waals surface area (Å²) in [5.74, 6) is 0.902. The van der Waals surface area contributed by atoms with Gasteiger partial charge in [0.25, 0.3) is 0 Å². The van der Waals surface area contributed by atoms with Crippen LogP contribution in [0.1, 0.15) is 31.7 Å². The van der Waals surface area contributed by atoms with Crippen LogP contribution in [0.25, 0.3) is 0 Å². The minimum atomic E-state index is 0.586. The standard InChI is InChI=1S/C14H22ClNO/c1-11-7-8-13(15)10-14(11)17-9-5-4-6-12(2)16-3/h7-8,10,12,16H,4-6,9H2,1-3H3. The van der Waals surface area contributed by atoms with E-state index < -0.39 is 0 Å². The highest BCUT2D eigenvalue weighted by molar-refractivity contribution is 6.30. The minimum Gasteiger partial charge on any atom is -0.493 e. The van der Waals surface area contributed by atoms with E-state index in [0.717, 1.165) is 29.4 Å². The third kappa shape index (κ3) is 5.42. The van der Waals surface area contributed by atoms with Gasteiger partial charge in [0.1, 0.15) is 5.75 Å². The fraction of sp³-hybridized carbons (Fsp3) is 0.571. The Hall–Kier alpha value is -0.730. The number of halogens is 1. The van der Waals surface area contributed by atoms with E-state index in [0.29, 0.717) is 6.04 Å². The molecule has 0 saturated carbocycles. The van der Waals surface area contributed by atoms with Crippen molar-refractivity contribution in [3.8, 4) is 5.75 Å². The summed E-state index contributed by atoms with van der Waals surface area (Å²) >= 11 is 5.93. The molecule has 0 saturated heterocycles. The van der Waals surface area contributed by atoms with Crippen LogP contribution in [0, 0.1) is 6.92 Å². The Morgan fingerprint density at radius 2 is 2.12 bits per heavy atom. The number of nitrogens with one attached hydrogen (secondary N) is 1. The van der Waals surface area contributed by atoms with Crippen LogP contribution < -0.4 is 10.1 Å². The molecule has 0 heterocycles. The van der Waals surface area contributed by atoms with Gasteiger partial charge in [0.2, 0.25) is 0 Å². The van der Waals surface area contributed by atoms with Gasteiger partial charge in [-0.25, -0.2) is 0 Å². The van der Waals surface area contributed by atoms with Crippen molar-refractivity contribution in [1.29, 1.82) is 0 Å². The van der Waals surface area contributed by atoms with Crippen LogP contribution in [0.4, 0.5) is 0 Å². The summed E-state index contributed by atoms with van der Waals surface area (Å²) in [6.45, 7) is 4.99. The highest BCUT2D eigenvalue weighted by Gasteiger charge is 2.01. The maximum Gasteiger partial charge on any atom is 0.123 e. The fourth-order valence-corrected chi connectivity index (χ4v) is 1.77. The lowest BCUT2D eigenvalue weighted by Crippen LogP contribution is -2.20. The molecular formula is C14H22ClNO. The minimum absolute atomic E-state index is 0.586. The van der Waals surface area contributed by atoms with E-state index in [4.69, 9.17) is 16.3 Å². The Morgan fingerprint density at radius 3 is 2.82 bits per heavy atom. The van der Waals surface area contributed by atoms with Crippen LogP contribution >= 0.6 is 11.6 Å². The van der Waals surface area contributed by atoms with Crippen molar-refractivity contribution in [2.24, 2.45) is 0 Å². The number of hydrogen-bond acceptors (Lipinski definition) is 2. The molecule has 96 valence electrons. The Bertz CT molecular complexity index is 341. The quantitative estimate of drug-likeness (QED) is 0.749. The molecule has 1 atom stereocenters. The third-order valence-corrected chi connectivity index (χ3v) is 3.17. The molecule has 1 aromatic carbocycles. The monoisotopic (exact) mass is 255 g/mol. The van der Waals surface area contributed by atoms with Crippen molar-refractivity contribution >= 4 is 11.6 Å². The van der Waals surface area contributed by atoms with Crippen molar-refractivity contribution in [2.45, 2.75) is 39.2 Å². The summed E-state index contributed by atoms with van der Waals surface area (Å²) in [6.07, 6.45) is 3.45. The summed E-state index contributed by atoms with van der Waals surface area (Å²) in [5.41, 5.74) is 1.14. The topological polar surface area (TPSA) is 21.3 Å². The Kier molecular flexibility index (Phi) is 6.38. The number of ether oxygens (including phenoxy) is 1. The number of benzene rings is 1. The molecule has 0 spiro atoms. The lowest BCUT2D eigenvalue weighted by atomic mass is 10.1. The molecule has 1 unspecified atom stereocenters. The zero-order valence-electron chi connectivity index (χ0n) is 10.9. The molecule has 0 aliphatic heterocycles. The molecule has 1 rings (SSSR count). The molecular weight excluding hydrogens is 234 g/mol. The molecule has 1 N–H and O–H groups in total. The summed E-state index contributed by atoms with van der Waals surface area (Å²) in [7, 11) is 2.00. The van der Waals surface area contributed by atoms with E-state index in [9.17, 15) is 0 Å². The highest BCUT2D eigenvalue weighted by Crippen LogP contribution is 2.22. The van der Waals surface area contributed by atoms with E-state index >= 15 is 0 Å². The Morgan fingerprint density at radius 1 is 1.35 bits per heavy atom. The second-order valence-corrected chi connectivity index (χ2v) is 4.88. The smallest absolute Gasteiger partial charge is 0.123 e. The third-order valence-electron chi connectivity index (χ3n) is 2.93. The van der Waals surface area contributed by atoms with Gasteiger partial charge in [-0.3, -0.25) is 0 Å². The summed E-state index contributed by atoms with van der Waals surface area (Å²) in [6, 6.07) is 6.34. The normalized spacial score (nSPS) is 12.5. The van der Waals surface area contributed by atoms with Gasteiger partial charge in [-0.15, -0.1) is 0 Å². The molecule has 0 aromatic heterocycles. The van der Waals surface area contributed by atoms with Gasteiger partial charge in [0.15, 0.2) is 0 Å². The van der Waals surface area contributed by atoms with Crippen LogP contribution in [-0.2, 0) is 0 Å². The Balaban J connectivity index is 2.24. The summed E-state index contributed by atoms with van der Waals surface area (Å²) in [5, 5.41) is 3.96. The molecule has 0 aliphatic rings. The Labute approximate surface area is 109 Å². The van der Waals surface area contributed by atoms with Crippen molar-refractivity contribution in [3.63, 3.8) is 0 Å². The second kappa shape index (κ2) is 7.57. The first-order valence-corrected chi connectivity index (χ1v) is 6.57. The lowest BCUT2D eigenvalue weighted by Gasteiger charge is -2.11. The van der Waals surface area contributed by atoms with Gasteiger partial charge >= 0.3 is 0 Å². The summed E-state index contributed by atoms with van der Waals surface area (Å²) in [4.78, 5) is 0. The largest absolute Gasteiger partial charge is 0.493 e. The average Bonchev–Trinajstić information content (AvgIpc) is 2.32. The first kappa shape index (κ1) is 14.3. The van der Waals surface area contributed by atoms with Crippen molar-refractivity contribution in [2.75, 3.05) is 13.7 Å². The second-order valence-electron chi connectivity index (χ2n) is 4.44. The van der Waals surface area contributed by atoms with Crippen LogP contribution in [0.2, 0.25) is 5.02 Å². The SMILES string of the molecule is CNC(C)CCCCOc1cc(Cl)ccc1C. The molecule has 1 aromatic rings. The summed E-state index contributed by atoms with van der Waals surface area (Å²) < 4.78 is 5.73. The average molecular weight is 256 g/mol. The molecule has 0 aliphatic carbocycles. The number of rotatable bonds is 7. The van der Waals surface area contributed by atoms with Crippen LogP contribution in [0.5, 0.6) is 5.75 Å². The zero-order valence-corrected chi connectivity index (χ0v) is 11.7. The van der Waals surface area contributed by atoms with Crippen molar-refractivity contribution < 1.29 is 4.74 Å².